The third-order valence-corrected chi connectivity index (χ3v) is 2.21. The summed E-state index contributed by atoms with van der Waals surface area (Å²) in [6.07, 6.45) is 2.40. The molecule has 0 aromatic heterocycles. The van der Waals surface area contributed by atoms with Gasteiger partial charge in [-0.1, -0.05) is 13.3 Å². The average Bonchev–Trinajstić information content (AvgIpc) is 2.31. The molecule has 0 unspecified atom stereocenters. The van der Waals surface area contributed by atoms with Crippen LogP contribution in [0.3, 0.4) is 0 Å². The Kier molecular flexibility index (Phi) is 5.93. The van der Waals surface area contributed by atoms with Gasteiger partial charge >= 0.3 is 0 Å². The fourth-order valence-electron chi connectivity index (χ4n) is 1.24. The van der Waals surface area contributed by atoms with Crippen molar-refractivity contribution in [3.05, 3.63) is 24.3 Å². The van der Waals surface area contributed by atoms with Crippen LogP contribution in [0.25, 0.3) is 0 Å². The summed E-state index contributed by atoms with van der Waals surface area (Å²) in [5.74, 6) is 1.19. The first-order valence-corrected chi connectivity index (χ1v) is 5.86. The maximum Gasteiger partial charge on any atom is 0.220 e. The molecule has 0 aliphatic heterocycles. The second-order valence-electron chi connectivity index (χ2n) is 3.74. The second-order valence-corrected chi connectivity index (χ2v) is 3.74. The molecule has 1 rings (SSSR count). The van der Waals surface area contributed by atoms with E-state index in [4.69, 9.17) is 15.2 Å². The highest BCUT2D eigenvalue weighted by atomic mass is 16.5. The van der Waals surface area contributed by atoms with E-state index in [9.17, 15) is 4.79 Å². The Bertz CT molecular complexity index is 335. The van der Waals surface area contributed by atoms with Crippen LogP contribution in [0.5, 0.6) is 11.5 Å². The number of hydrogen-bond donors (Lipinski definition) is 1. The van der Waals surface area contributed by atoms with Gasteiger partial charge < -0.3 is 15.2 Å². The quantitative estimate of drug-likeness (QED) is 0.704. The van der Waals surface area contributed by atoms with Crippen molar-refractivity contribution >= 4 is 5.91 Å². The fourth-order valence-corrected chi connectivity index (χ4v) is 1.24. The molecule has 1 amide bonds. The lowest BCUT2D eigenvalue weighted by molar-refractivity contribution is -0.118. The summed E-state index contributed by atoms with van der Waals surface area (Å²) in [5.41, 5.74) is 5.01. The van der Waals surface area contributed by atoms with E-state index in [1.54, 1.807) is 0 Å². The molecule has 0 bridgehead atoms. The van der Waals surface area contributed by atoms with Crippen molar-refractivity contribution in [1.29, 1.82) is 0 Å². The van der Waals surface area contributed by atoms with Crippen molar-refractivity contribution in [3.63, 3.8) is 0 Å². The van der Waals surface area contributed by atoms with E-state index >= 15 is 0 Å². The van der Waals surface area contributed by atoms with E-state index in [-0.39, 0.29) is 12.3 Å². The van der Waals surface area contributed by atoms with E-state index in [1.807, 2.05) is 24.3 Å². The number of rotatable bonds is 8. The topological polar surface area (TPSA) is 61.6 Å². The van der Waals surface area contributed by atoms with Gasteiger partial charge in [-0.2, -0.15) is 0 Å². The van der Waals surface area contributed by atoms with Crippen LogP contribution in [-0.2, 0) is 4.79 Å². The van der Waals surface area contributed by atoms with Crippen LogP contribution in [0.2, 0.25) is 0 Å². The highest BCUT2D eigenvalue weighted by Crippen LogP contribution is 2.17. The lowest BCUT2D eigenvalue weighted by Gasteiger charge is -2.07. The number of carbonyl (C=O) groups excluding carboxylic acids is 1. The minimum Gasteiger partial charge on any atom is -0.494 e. The minimum absolute atomic E-state index is 0.231. The van der Waals surface area contributed by atoms with Crippen molar-refractivity contribution in [3.8, 4) is 11.5 Å². The molecule has 0 atom stereocenters. The van der Waals surface area contributed by atoms with Gasteiger partial charge in [0.2, 0.25) is 5.91 Å². The van der Waals surface area contributed by atoms with E-state index in [0.29, 0.717) is 12.4 Å². The Labute approximate surface area is 102 Å². The van der Waals surface area contributed by atoms with Crippen LogP contribution in [0.15, 0.2) is 24.3 Å². The maximum atomic E-state index is 10.5. The lowest BCUT2D eigenvalue weighted by Crippen LogP contribution is -2.14. The molecular weight excluding hydrogens is 218 g/mol. The summed E-state index contributed by atoms with van der Waals surface area (Å²) in [7, 11) is 0. The molecule has 2 N–H and O–H groups in total. The summed E-state index contributed by atoms with van der Waals surface area (Å²) < 4.78 is 10.9. The van der Waals surface area contributed by atoms with Crippen LogP contribution in [0, 0.1) is 0 Å². The molecule has 0 radical (unpaired) electrons. The Balaban J connectivity index is 2.31. The van der Waals surface area contributed by atoms with Crippen molar-refractivity contribution < 1.29 is 14.3 Å². The van der Waals surface area contributed by atoms with Crippen molar-refractivity contribution in [1.82, 2.24) is 0 Å². The summed E-state index contributed by atoms with van der Waals surface area (Å²) in [6, 6.07) is 7.36. The predicted molar refractivity (Wildman–Crippen MR) is 66.2 cm³/mol. The Morgan fingerprint density at radius 1 is 1.12 bits per heavy atom. The molecule has 0 saturated carbocycles. The normalized spacial score (nSPS) is 9.94. The Morgan fingerprint density at radius 2 is 1.65 bits per heavy atom. The highest BCUT2D eigenvalue weighted by Gasteiger charge is 1.98. The van der Waals surface area contributed by atoms with Crippen LogP contribution >= 0.6 is 0 Å². The Hall–Kier alpha value is -1.71. The van der Waals surface area contributed by atoms with Crippen LogP contribution in [0.1, 0.15) is 26.2 Å². The zero-order valence-electron chi connectivity index (χ0n) is 10.1. The van der Waals surface area contributed by atoms with Gasteiger partial charge in [0.05, 0.1) is 19.6 Å². The Morgan fingerprint density at radius 3 is 2.12 bits per heavy atom. The molecule has 0 heterocycles. The zero-order chi connectivity index (χ0) is 12.5. The van der Waals surface area contributed by atoms with Gasteiger partial charge in [0.25, 0.3) is 0 Å². The monoisotopic (exact) mass is 237 g/mol. The molecule has 4 heteroatoms. The first-order chi connectivity index (χ1) is 8.22. The van der Waals surface area contributed by atoms with Gasteiger partial charge in [-0.25, -0.2) is 0 Å². The van der Waals surface area contributed by atoms with Gasteiger partial charge in [0.15, 0.2) is 0 Å². The second kappa shape index (κ2) is 7.54. The van der Waals surface area contributed by atoms with Gasteiger partial charge in [-0.05, 0) is 30.7 Å². The third kappa shape index (κ3) is 5.80. The summed E-state index contributed by atoms with van der Waals surface area (Å²) in [5, 5.41) is 0. The predicted octanol–water partition coefficient (Wildman–Crippen LogP) is 2.12. The molecule has 0 aliphatic rings. The SMILES string of the molecule is CCCCOc1ccc(OCCC(N)=O)cc1. The molecule has 4 nitrogen and oxygen atoms in total. The first kappa shape index (κ1) is 13.4. The van der Waals surface area contributed by atoms with E-state index in [2.05, 4.69) is 6.92 Å². The summed E-state index contributed by atoms with van der Waals surface area (Å²) >= 11 is 0. The summed E-state index contributed by atoms with van der Waals surface area (Å²) in [6.45, 7) is 3.17. The molecular formula is C13H19NO3. The average molecular weight is 237 g/mol. The van der Waals surface area contributed by atoms with Gasteiger partial charge in [0.1, 0.15) is 11.5 Å². The zero-order valence-corrected chi connectivity index (χ0v) is 10.1. The fraction of sp³-hybridized carbons (Fsp3) is 0.462. The van der Waals surface area contributed by atoms with Gasteiger partial charge in [0, 0.05) is 0 Å². The molecule has 94 valence electrons. The highest BCUT2D eigenvalue weighted by molar-refractivity contribution is 5.73. The van der Waals surface area contributed by atoms with E-state index in [1.165, 1.54) is 0 Å². The molecule has 1 aromatic rings. The molecule has 0 aliphatic carbocycles. The van der Waals surface area contributed by atoms with Gasteiger partial charge in [-0.15, -0.1) is 0 Å². The number of primary amides is 1. The van der Waals surface area contributed by atoms with Gasteiger partial charge in [-0.3, -0.25) is 4.79 Å². The minimum atomic E-state index is -0.357. The van der Waals surface area contributed by atoms with E-state index in [0.717, 1.165) is 25.2 Å². The van der Waals surface area contributed by atoms with Crippen LogP contribution in [0.4, 0.5) is 0 Å². The molecule has 1 aromatic carbocycles. The first-order valence-electron chi connectivity index (χ1n) is 5.86. The van der Waals surface area contributed by atoms with E-state index < -0.39 is 0 Å². The molecule has 0 fully saturated rings. The molecule has 0 saturated heterocycles. The van der Waals surface area contributed by atoms with Crippen LogP contribution < -0.4 is 15.2 Å². The van der Waals surface area contributed by atoms with Crippen molar-refractivity contribution in [2.75, 3.05) is 13.2 Å². The third-order valence-electron chi connectivity index (χ3n) is 2.21. The largest absolute Gasteiger partial charge is 0.494 e. The molecule has 0 spiro atoms. The smallest absolute Gasteiger partial charge is 0.220 e. The number of benzene rings is 1. The van der Waals surface area contributed by atoms with Crippen molar-refractivity contribution in [2.24, 2.45) is 5.73 Å². The number of unbranched alkanes of at least 4 members (excludes halogenated alkanes) is 1. The number of carbonyl (C=O) groups is 1. The molecule has 17 heavy (non-hydrogen) atoms. The van der Waals surface area contributed by atoms with Crippen LogP contribution in [-0.4, -0.2) is 19.1 Å². The lowest BCUT2D eigenvalue weighted by atomic mass is 10.3. The van der Waals surface area contributed by atoms with Crippen molar-refractivity contribution in [2.45, 2.75) is 26.2 Å². The number of hydrogen-bond acceptors (Lipinski definition) is 3. The number of nitrogens with two attached hydrogens (primary N) is 1. The number of ether oxygens (including phenoxy) is 2. The summed E-state index contributed by atoms with van der Waals surface area (Å²) in [4.78, 5) is 10.5. The number of amides is 1. The standard InChI is InChI=1S/C13H19NO3/c1-2-3-9-16-11-4-6-12(7-5-11)17-10-8-13(14)15/h4-7H,2-3,8-10H2,1H3,(H2,14,15). The maximum absolute atomic E-state index is 10.5.